The number of unbranched alkanes of at least 4 members (excludes halogenated alkanes) is 1. The molecule has 2 aromatic carbocycles. The second-order valence-electron chi connectivity index (χ2n) is 5.75. The zero-order valence-corrected chi connectivity index (χ0v) is 14.0. The number of hydrogen-bond acceptors (Lipinski definition) is 3. The molecule has 0 saturated carbocycles. The molecule has 0 unspecified atom stereocenters. The van der Waals surface area contributed by atoms with E-state index < -0.39 is 0 Å². The molecule has 0 bridgehead atoms. The number of anilines is 1. The molecule has 128 valence electrons. The van der Waals surface area contributed by atoms with Crippen molar-refractivity contribution in [2.75, 3.05) is 11.9 Å². The largest absolute Gasteiger partial charge is 0.491 e. The van der Waals surface area contributed by atoms with Crippen LogP contribution in [0.15, 0.2) is 59.4 Å². The molecule has 0 saturated heterocycles. The molecule has 1 heterocycles. The van der Waals surface area contributed by atoms with Gasteiger partial charge in [0.05, 0.1) is 12.3 Å². The first-order chi connectivity index (χ1) is 12.2. The van der Waals surface area contributed by atoms with Crippen molar-refractivity contribution in [3.8, 4) is 5.75 Å². The first-order valence-corrected chi connectivity index (χ1v) is 8.34. The van der Waals surface area contributed by atoms with Gasteiger partial charge in [-0.1, -0.05) is 37.6 Å². The third-order valence-corrected chi connectivity index (χ3v) is 3.87. The van der Waals surface area contributed by atoms with Crippen molar-refractivity contribution in [1.82, 2.24) is 4.98 Å². The quantitative estimate of drug-likeness (QED) is 0.669. The van der Waals surface area contributed by atoms with Crippen LogP contribution in [0.5, 0.6) is 5.75 Å². The van der Waals surface area contributed by atoms with Gasteiger partial charge < -0.3 is 15.0 Å². The summed E-state index contributed by atoms with van der Waals surface area (Å²) in [6.45, 7) is 2.68. The van der Waals surface area contributed by atoms with Gasteiger partial charge in [0.25, 0.3) is 5.91 Å². The molecule has 0 radical (unpaired) electrons. The van der Waals surface area contributed by atoms with Gasteiger partial charge in [0, 0.05) is 17.0 Å². The third kappa shape index (κ3) is 3.88. The van der Waals surface area contributed by atoms with Crippen LogP contribution >= 0.6 is 0 Å². The maximum atomic E-state index is 12.6. The molecule has 0 spiro atoms. The zero-order chi connectivity index (χ0) is 17.6. The van der Waals surface area contributed by atoms with Crippen molar-refractivity contribution in [2.45, 2.75) is 19.8 Å². The lowest BCUT2D eigenvalue weighted by atomic mass is 10.2. The maximum Gasteiger partial charge on any atom is 0.272 e. The van der Waals surface area contributed by atoms with Crippen LogP contribution in [0.4, 0.5) is 5.69 Å². The van der Waals surface area contributed by atoms with Gasteiger partial charge >= 0.3 is 0 Å². The number of para-hydroxylation sites is 3. The van der Waals surface area contributed by atoms with Crippen LogP contribution in [0, 0.1) is 0 Å². The Labute approximate surface area is 145 Å². The molecule has 0 fully saturated rings. The van der Waals surface area contributed by atoms with Gasteiger partial charge in [0.15, 0.2) is 5.43 Å². The second kappa shape index (κ2) is 7.66. The summed E-state index contributed by atoms with van der Waals surface area (Å²) >= 11 is 0. The molecule has 0 aliphatic rings. The molecule has 2 N–H and O–H groups in total. The fraction of sp³-hybridized carbons (Fsp3) is 0.200. The number of nitrogens with one attached hydrogen (secondary N) is 2. The van der Waals surface area contributed by atoms with E-state index in [1.807, 2.05) is 24.3 Å². The molecule has 0 atom stereocenters. The summed E-state index contributed by atoms with van der Waals surface area (Å²) < 4.78 is 5.72. The number of pyridine rings is 1. The van der Waals surface area contributed by atoms with E-state index in [0.29, 0.717) is 28.9 Å². The van der Waals surface area contributed by atoms with Gasteiger partial charge in [-0.25, -0.2) is 0 Å². The zero-order valence-electron chi connectivity index (χ0n) is 14.0. The SMILES string of the molecule is CCCCOc1ccccc1NC(=O)c1cc(=O)c2ccccc2[nH]1. The number of H-pyrrole nitrogens is 1. The number of ether oxygens (including phenoxy) is 1. The van der Waals surface area contributed by atoms with E-state index in [2.05, 4.69) is 17.2 Å². The van der Waals surface area contributed by atoms with E-state index in [9.17, 15) is 9.59 Å². The standard InChI is InChI=1S/C20H20N2O3/c1-2-3-12-25-19-11-7-6-10-16(19)22-20(24)17-13-18(23)14-8-4-5-9-15(14)21-17/h4-11,13H,2-3,12H2,1H3,(H,21,23)(H,22,24). The molecule has 5 nitrogen and oxygen atoms in total. The minimum absolute atomic E-state index is 0.188. The van der Waals surface area contributed by atoms with Gasteiger partial charge in [-0.15, -0.1) is 0 Å². The Hall–Kier alpha value is -3.08. The van der Waals surface area contributed by atoms with Crippen molar-refractivity contribution in [3.63, 3.8) is 0 Å². The lowest BCUT2D eigenvalue weighted by Crippen LogP contribution is -2.17. The summed E-state index contributed by atoms with van der Waals surface area (Å²) in [5.74, 6) is 0.238. The summed E-state index contributed by atoms with van der Waals surface area (Å²) in [6.07, 6.45) is 1.98. The summed E-state index contributed by atoms with van der Waals surface area (Å²) in [5.41, 5.74) is 1.24. The highest BCUT2D eigenvalue weighted by molar-refractivity contribution is 6.04. The average Bonchev–Trinajstić information content (AvgIpc) is 2.63. The predicted octanol–water partition coefficient (Wildman–Crippen LogP) is 3.96. The van der Waals surface area contributed by atoms with Gasteiger partial charge in [-0.2, -0.15) is 0 Å². The molecule has 3 aromatic rings. The lowest BCUT2D eigenvalue weighted by molar-refractivity contribution is 0.102. The molecule has 1 aromatic heterocycles. The van der Waals surface area contributed by atoms with Crippen LogP contribution < -0.4 is 15.5 Å². The Kier molecular flexibility index (Phi) is 5.14. The third-order valence-electron chi connectivity index (χ3n) is 3.87. The van der Waals surface area contributed by atoms with E-state index >= 15 is 0 Å². The summed E-state index contributed by atoms with van der Waals surface area (Å²) in [6, 6.07) is 15.7. The summed E-state index contributed by atoms with van der Waals surface area (Å²) in [4.78, 5) is 27.7. The number of aromatic amines is 1. The molecule has 5 heteroatoms. The minimum Gasteiger partial charge on any atom is -0.491 e. The van der Waals surface area contributed by atoms with Crippen molar-refractivity contribution in [2.24, 2.45) is 0 Å². The van der Waals surface area contributed by atoms with Crippen LogP contribution in [0.25, 0.3) is 10.9 Å². The Morgan fingerprint density at radius 3 is 2.72 bits per heavy atom. The Balaban J connectivity index is 1.84. The van der Waals surface area contributed by atoms with Crippen molar-refractivity contribution in [3.05, 3.63) is 70.5 Å². The summed E-state index contributed by atoms with van der Waals surface area (Å²) in [5, 5.41) is 3.37. The molecule has 25 heavy (non-hydrogen) atoms. The lowest BCUT2D eigenvalue weighted by Gasteiger charge is -2.12. The second-order valence-corrected chi connectivity index (χ2v) is 5.75. The molecule has 0 aliphatic carbocycles. The highest BCUT2D eigenvalue weighted by Crippen LogP contribution is 2.24. The first kappa shape index (κ1) is 16.8. The normalized spacial score (nSPS) is 10.6. The van der Waals surface area contributed by atoms with Crippen molar-refractivity contribution in [1.29, 1.82) is 0 Å². The number of benzene rings is 2. The number of fused-ring (bicyclic) bond motifs is 1. The van der Waals surface area contributed by atoms with Crippen LogP contribution in [0.3, 0.4) is 0 Å². The van der Waals surface area contributed by atoms with Gasteiger partial charge in [-0.3, -0.25) is 9.59 Å². The molecular formula is C20H20N2O3. The van der Waals surface area contributed by atoms with E-state index in [1.54, 1.807) is 24.3 Å². The van der Waals surface area contributed by atoms with Gasteiger partial charge in [-0.05, 0) is 30.7 Å². The van der Waals surface area contributed by atoms with Gasteiger partial charge in [0.2, 0.25) is 0 Å². The first-order valence-electron chi connectivity index (χ1n) is 8.34. The number of hydrogen-bond donors (Lipinski definition) is 2. The number of carbonyl (C=O) groups is 1. The van der Waals surface area contributed by atoms with Crippen LogP contribution in [-0.2, 0) is 0 Å². The van der Waals surface area contributed by atoms with Crippen LogP contribution in [-0.4, -0.2) is 17.5 Å². The van der Waals surface area contributed by atoms with Crippen molar-refractivity contribution >= 4 is 22.5 Å². The fourth-order valence-electron chi connectivity index (χ4n) is 2.53. The monoisotopic (exact) mass is 336 g/mol. The highest BCUT2D eigenvalue weighted by atomic mass is 16.5. The smallest absolute Gasteiger partial charge is 0.272 e. The Morgan fingerprint density at radius 2 is 1.88 bits per heavy atom. The van der Waals surface area contributed by atoms with Crippen molar-refractivity contribution < 1.29 is 9.53 Å². The van der Waals surface area contributed by atoms with E-state index in [-0.39, 0.29) is 17.0 Å². The Bertz CT molecular complexity index is 947. The number of rotatable bonds is 6. The maximum absolute atomic E-state index is 12.6. The highest BCUT2D eigenvalue weighted by Gasteiger charge is 2.12. The van der Waals surface area contributed by atoms with E-state index in [0.717, 1.165) is 12.8 Å². The number of carbonyl (C=O) groups excluding carboxylic acids is 1. The molecular weight excluding hydrogens is 316 g/mol. The molecule has 0 aliphatic heterocycles. The van der Waals surface area contributed by atoms with Crippen LogP contribution in [0.1, 0.15) is 30.3 Å². The number of aromatic nitrogens is 1. The van der Waals surface area contributed by atoms with E-state index in [1.165, 1.54) is 6.07 Å². The topological polar surface area (TPSA) is 71.2 Å². The van der Waals surface area contributed by atoms with Crippen LogP contribution in [0.2, 0.25) is 0 Å². The summed E-state index contributed by atoms with van der Waals surface area (Å²) in [7, 11) is 0. The minimum atomic E-state index is -0.380. The Morgan fingerprint density at radius 1 is 1.12 bits per heavy atom. The fourth-order valence-corrected chi connectivity index (χ4v) is 2.53. The average molecular weight is 336 g/mol. The molecule has 3 rings (SSSR count). The predicted molar refractivity (Wildman–Crippen MR) is 99.4 cm³/mol. The molecule has 1 amide bonds. The van der Waals surface area contributed by atoms with Gasteiger partial charge in [0.1, 0.15) is 11.4 Å². The van der Waals surface area contributed by atoms with E-state index in [4.69, 9.17) is 4.74 Å². The number of amides is 1.